The van der Waals surface area contributed by atoms with E-state index in [1.807, 2.05) is 54.6 Å². The molecule has 0 spiro atoms. The molecule has 2 N–H and O–H groups in total. The topological polar surface area (TPSA) is 90.5 Å². The lowest BCUT2D eigenvalue weighted by Crippen LogP contribution is -2.27. The van der Waals surface area contributed by atoms with Gasteiger partial charge in [0.2, 0.25) is 0 Å². The Hall–Kier alpha value is -4.05. The zero-order valence-electron chi connectivity index (χ0n) is 17.1. The molecule has 1 fully saturated rings. The van der Waals surface area contributed by atoms with Crippen molar-refractivity contribution in [1.82, 2.24) is 14.7 Å². The Morgan fingerprint density at radius 3 is 2.48 bits per heavy atom. The molecule has 1 atom stereocenters. The van der Waals surface area contributed by atoms with Crippen LogP contribution in [0.2, 0.25) is 0 Å². The number of primary amides is 1. The predicted octanol–water partition coefficient (Wildman–Crippen LogP) is 3.24. The maximum Gasteiger partial charge on any atom is 0.298 e. The largest absolute Gasteiger partial charge is 0.457 e. The first kappa shape index (κ1) is 20.2. The van der Waals surface area contributed by atoms with E-state index in [2.05, 4.69) is 16.9 Å². The van der Waals surface area contributed by atoms with Gasteiger partial charge in [-0.25, -0.2) is 0 Å². The van der Waals surface area contributed by atoms with Gasteiger partial charge < -0.3 is 15.4 Å². The summed E-state index contributed by atoms with van der Waals surface area (Å²) in [4.78, 5) is 25.8. The summed E-state index contributed by atoms with van der Waals surface area (Å²) in [5, 5.41) is 4.64. The normalized spacial score (nSPS) is 15.3. The molecular formula is C24H22N4O3. The highest BCUT2D eigenvalue weighted by Gasteiger charge is 2.29. The van der Waals surface area contributed by atoms with Crippen LogP contribution in [-0.2, 0) is 4.79 Å². The number of ether oxygens (including phenoxy) is 1. The van der Waals surface area contributed by atoms with Crippen LogP contribution in [0, 0.1) is 11.8 Å². The molecule has 0 radical (unpaired) electrons. The minimum Gasteiger partial charge on any atom is -0.457 e. The van der Waals surface area contributed by atoms with Gasteiger partial charge in [-0.15, -0.1) is 0 Å². The Morgan fingerprint density at radius 2 is 1.81 bits per heavy atom. The number of carbonyl (C=O) groups is 2. The van der Waals surface area contributed by atoms with Crippen LogP contribution in [-0.4, -0.2) is 39.6 Å². The van der Waals surface area contributed by atoms with E-state index in [4.69, 9.17) is 10.5 Å². The van der Waals surface area contributed by atoms with Gasteiger partial charge in [-0.3, -0.25) is 14.3 Å². The fourth-order valence-electron chi connectivity index (χ4n) is 3.61. The van der Waals surface area contributed by atoms with Gasteiger partial charge in [0, 0.05) is 24.8 Å². The summed E-state index contributed by atoms with van der Waals surface area (Å²) in [5.41, 5.74) is 7.22. The number of nitrogens with two attached hydrogens (primary N) is 1. The first-order valence-corrected chi connectivity index (χ1v) is 9.99. The lowest BCUT2D eigenvalue weighted by atomic mass is 10.1. The number of aromatic nitrogens is 2. The summed E-state index contributed by atoms with van der Waals surface area (Å²) in [7, 11) is 0. The summed E-state index contributed by atoms with van der Waals surface area (Å²) in [6.45, 7) is 2.74. The molecule has 1 aliphatic heterocycles. The minimum absolute atomic E-state index is 0.0323. The Kier molecular flexibility index (Phi) is 5.72. The molecule has 0 aliphatic carbocycles. The second-order valence-corrected chi connectivity index (χ2v) is 7.24. The lowest BCUT2D eigenvalue weighted by molar-refractivity contribution is -0.124. The Morgan fingerprint density at radius 1 is 1.10 bits per heavy atom. The fourth-order valence-corrected chi connectivity index (χ4v) is 3.61. The lowest BCUT2D eigenvalue weighted by Gasteiger charge is -2.13. The predicted molar refractivity (Wildman–Crippen MR) is 116 cm³/mol. The van der Waals surface area contributed by atoms with Gasteiger partial charge in [-0.1, -0.05) is 24.1 Å². The maximum atomic E-state index is 12.1. The highest BCUT2D eigenvalue weighted by Crippen LogP contribution is 2.29. The molecule has 156 valence electrons. The van der Waals surface area contributed by atoms with Crippen LogP contribution >= 0.6 is 0 Å². The molecule has 2 heterocycles. The molecule has 1 unspecified atom stereocenters. The minimum atomic E-state index is -0.548. The number of nitrogens with zero attached hydrogens (tertiary/aromatic N) is 3. The van der Waals surface area contributed by atoms with E-state index in [0.717, 1.165) is 17.7 Å². The van der Waals surface area contributed by atoms with E-state index in [-0.39, 0.29) is 11.9 Å². The molecule has 4 rings (SSSR count). The smallest absolute Gasteiger partial charge is 0.298 e. The van der Waals surface area contributed by atoms with Gasteiger partial charge in [0.25, 0.3) is 11.8 Å². The van der Waals surface area contributed by atoms with E-state index in [1.54, 1.807) is 22.7 Å². The molecule has 1 saturated heterocycles. The van der Waals surface area contributed by atoms with E-state index < -0.39 is 5.91 Å². The van der Waals surface area contributed by atoms with Gasteiger partial charge in [0.15, 0.2) is 0 Å². The molecule has 3 aromatic rings. The summed E-state index contributed by atoms with van der Waals surface area (Å²) >= 11 is 0. The molecule has 0 saturated carbocycles. The zero-order valence-corrected chi connectivity index (χ0v) is 17.1. The third kappa shape index (κ3) is 4.43. The summed E-state index contributed by atoms with van der Waals surface area (Å²) < 4.78 is 7.55. The average Bonchev–Trinajstić information content (AvgIpc) is 3.43. The quantitative estimate of drug-likeness (QED) is 0.649. The first-order chi connectivity index (χ1) is 15.0. The first-order valence-electron chi connectivity index (χ1n) is 9.99. The van der Waals surface area contributed by atoms with Crippen molar-refractivity contribution in [2.24, 2.45) is 5.73 Å². The van der Waals surface area contributed by atoms with Crippen LogP contribution in [0.4, 0.5) is 0 Å². The van der Waals surface area contributed by atoms with Crippen LogP contribution in [0.3, 0.4) is 0 Å². The zero-order chi connectivity index (χ0) is 21.8. The molecule has 1 aliphatic rings. The molecular weight excluding hydrogens is 392 g/mol. The van der Waals surface area contributed by atoms with Crippen molar-refractivity contribution < 1.29 is 14.3 Å². The Bertz CT molecular complexity index is 1160. The number of rotatable bonds is 5. The summed E-state index contributed by atoms with van der Waals surface area (Å²) in [5.74, 6) is 5.88. The average molecular weight is 414 g/mol. The molecule has 7 heteroatoms. The van der Waals surface area contributed by atoms with E-state index >= 15 is 0 Å². The number of carbonyl (C=O) groups excluding carboxylic acids is 2. The highest BCUT2D eigenvalue weighted by atomic mass is 16.5. The van der Waals surface area contributed by atoms with Gasteiger partial charge in [0.05, 0.1) is 11.6 Å². The molecule has 1 aromatic heterocycles. The third-order valence-corrected chi connectivity index (χ3v) is 5.16. The molecule has 7 nitrogen and oxygen atoms in total. The summed E-state index contributed by atoms with van der Waals surface area (Å²) in [6, 6.07) is 16.8. The van der Waals surface area contributed by atoms with Crippen molar-refractivity contribution in [2.45, 2.75) is 19.4 Å². The van der Waals surface area contributed by atoms with Gasteiger partial charge >= 0.3 is 0 Å². The van der Waals surface area contributed by atoms with Crippen molar-refractivity contribution >= 4 is 11.8 Å². The van der Waals surface area contributed by atoms with Crippen molar-refractivity contribution in [3.05, 3.63) is 66.4 Å². The number of para-hydroxylation sites is 1. The molecule has 0 bridgehead atoms. The Labute approximate surface area is 180 Å². The second kappa shape index (κ2) is 8.76. The Balaban J connectivity index is 1.56. The van der Waals surface area contributed by atoms with Crippen molar-refractivity contribution in [3.63, 3.8) is 0 Å². The van der Waals surface area contributed by atoms with E-state index in [9.17, 15) is 9.59 Å². The molecule has 2 aromatic carbocycles. The van der Waals surface area contributed by atoms with Crippen molar-refractivity contribution in [3.8, 4) is 34.6 Å². The van der Waals surface area contributed by atoms with Crippen LogP contribution in [0.1, 0.15) is 29.7 Å². The fraction of sp³-hybridized carbons (Fsp3) is 0.208. The van der Waals surface area contributed by atoms with Crippen molar-refractivity contribution in [1.29, 1.82) is 0 Å². The molecule has 2 amide bonds. The van der Waals surface area contributed by atoms with Crippen molar-refractivity contribution in [2.75, 3.05) is 13.1 Å². The van der Waals surface area contributed by atoms with Crippen LogP contribution in [0.25, 0.3) is 11.3 Å². The SMILES string of the molecule is CC#CC(=O)N1CCC(n2cc(C(N)=O)c(-c3ccc(Oc4ccccc4)cc3)n2)C1. The standard InChI is InChI=1S/C24H22N4O3/c1-2-6-22(29)27-14-13-18(15-27)28-16-21(24(25)30)23(26-28)17-9-11-20(12-10-17)31-19-7-4-3-5-8-19/h3-5,7-12,16,18H,13-15H2,1H3,(H2,25,30). The van der Waals surface area contributed by atoms with E-state index in [0.29, 0.717) is 30.1 Å². The monoisotopic (exact) mass is 414 g/mol. The number of hydrogen-bond acceptors (Lipinski definition) is 4. The van der Waals surface area contributed by atoms with Crippen LogP contribution < -0.4 is 10.5 Å². The maximum absolute atomic E-state index is 12.1. The van der Waals surface area contributed by atoms with Gasteiger partial charge in [0.1, 0.15) is 17.2 Å². The number of amides is 2. The van der Waals surface area contributed by atoms with Gasteiger partial charge in [-0.2, -0.15) is 5.10 Å². The number of hydrogen-bond donors (Lipinski definition) is 1. The third-order valence-electron chi connectivity index (χ3n) is 5.16. The van der Waals surface area contributed by atoms with Crippen LogP contribution in [0.5, 0.6) is 11.5 Å². The summed E-state index contributed by atoms with van der Waals surface area (Å²) in [6.07, 6.45) is 2.40. The molecule has 31 heavy (non-hydrogen) atoms. The van der Waals surface area contributed by atoms with E-state index in [1.165, 1.54) is 0 Å². The number of benzene rings is 2. The second-order valence-electron chi connectivity index (χ2n) is 7.24. The number of likely N-dealkylation sites (tertiary alicyclic amines) is 1. The van der Waals surface area contributed by atoms with Crippen LogP contribution in [0.15, 0.2) is 60.8 Å². The van der Waals surface area contributed by atoms with Gasteiger partial charge in [-0.05, 0) is 55.7 Å². The highest BCUT2D eigenvalue weighted by molar-refractivity contribution is 5.98.